The molecule has 0 spiro atoms. The normalized spacial score (nSPS) is 11.1. The molecule has 0 aliphatic carbocycles. The highest BCUT2D eigenvalue weighted by molar-refractivity contribution is 9.11. The van der Waals surface area contributed by atoms with Gasteiger partial charge in [-0.3, -0.25) is 0 Å². The number of fused-ring (bicyclic) bond motifs is 2. The molecule has 1 heterocycles. The molecule has 4 aromatic carbocycles. The van der Waals surface area contributed by atoms with Gasteiger partial charge in [0.25, 0.3) is 0 Å². The number of ether oxygens (including phenoxy) is 2. The van der Waals surface area contributed by atoms with E-state index in [0.717, 1.165) is 64.8 Å². The van der Waals surface area contributed by atoms with E-state index in [1.54, 1.807) is 14.2 Å². The third-order valence-electron chi connectivity index (χ3n) is 5.44. The maximum Gasteiger partial charge on any atom is 0.118 e. The topological polar surface area (TPSA) is 44.2 Å². The number of benzene rings is 4. The molecule has 0 unspecified atom stereocenters. The van der Waals surface area contributed by atoms with Crippen molar-refractivity contribution in [2.75, 3.05) is 14.2 Å². The number of nitrogens with zero attached hydrogens (tertiary/aromatic N) is 2. The molecule has 158 valence electrons. The first-order valence-corrected chi connectivity index (χ1v) is 11.6. The molecule has 1 aromatic heterocycles. The van der Waals surface area contributed by atoms with Gasteiger partial charge in [-0.15, -0.1) is 0 Å². The van der Waals surface area contributed by atoms with Gasteiger partial charge in [-0.1, -0.05) is 24.3 Å². The summed E-state index contributed by atoms with van der Waals surface area (Å²) in [6, 6.07) is 24.0. The molecular formula is C26H18Br2N2O2. The fourth-order valence-corrected chi connectivity index (χ4v) is 5.01. The first kappa shape index (κ1) is 20.9. The second-order valence-electron chi connectivity index (χ2n) is 7.25. The lowest BCUT2D eigenvalue weighted by Gasteiger charge is -2.15. The van der Waals surface area contributed by atoms with Crippen molar-refractivity contribution in [2.24, 2.45) is 0 Å². The zero-order valence-electron chi connectivity index (χ0n) is 17.4. The Kier molecular flexibility index (Phi) is 5.57. The van der Waals surface area contributed by atoms with Gasteiger partial charge in [0.2, 0.25) is 0 Å². The van der Waals surface area contributed by atoms with Crippen LogP contribution in [0.1, 0.15) is 0 Å². The fourth-order valence-electron chi connectivity index (χ4n) is 3.76. The second kappa shape index (κ2) is 8.52. The molecule has 0 aliphatic rings. The molecule has 0 atom stereocenters. The summed E-state index contributed by atoms with van der Waals surface area (Å²) in [6.07, 6.45) is 0. The van der Waals surface area contributed by atoms with Crippen LogP contribution in [0.3, 0.4) is 0 Å². The van der Waals surface area contributed by atoms with Gasteiger partial charge < -0.3 is 9.47 Å². The SMILES string of the molecule is COc1ccc(-c2nc3c(Br)c4ccccc4c(Br)c3nc2-c2ccc(OC)cc2)cc1. The van der Waals surface area contributed by atoms with E-state index >= 15 is 0 Å². The molecule has 0 fully saturated rings. The summed E-state index contributed by atoms with van der Waals surface area (Å²) in [6.45, 7) is 0. The average molecular weight is 550 g/mol. The van der Waals surface area contributed by atoms with Gasteiger partial charge in [-0.25, -0.2) is 9.97 Å². The Labute approximate surface area is 202 Å². The van der Waals surface area contributed by atoms with E-state index in [1.165, 1.54) is 0 Å². The standard InChI is InChI=1S/C26H18Br2N2O2/c1-31-17-11-7-15(8-12-17)23-24(16-9-13-18(32-2)14-10-16)30-26-22(28)20-6-4-3-5-19(20)21(27)25(26)29-23/h3-14H,1-2H3. The maximum absolute atomic E-state index is 5.34. The van der Waals surface area contributed by atoms with Crippen LogP contribution in [0.4, 0.5) is 0 Å². The monoisotopic (exact) mass is 548 g/mol. The van der Waals surface area contributed by atoms with E-state index in [-0.39, 0.29) is 0 Å². The van der Waals surface area contributed by atoms with E-state index in [0.29, 0.717) is 0 Å². The first-order chi connectivity index (χ1) is 15.6. The molecule has 0 saturated carbocycles. The molecule has 4 nitrogen and oxygen atoms in total. The summed E-state index contributed by atoms with van der Waals surface area (Å²) >= 11 is 7.57. The highest BCUT2D eigenvalue weighted by Gasteiger charge is 2.19. The molecule has 0 saturated heterocycles. The van der Waals surface area contributed by atoms with Crippen LogP contribution in [0.5, 0.6) is 11.5 Å². The molecule has 0 radical (unpaired) electrons. The van der Waals surface area contributed by atoms with E-state index in [1.807, 2.05) is 60.7 Å². The van der Waals surface area contributed by atoms with Crippen LogP contribution >= 0.6 is 31.9 Å². The zero-order chi connectivity index (χ0) is 22.2. The Morgan fingerprint density at radius 1 is 0.562 bits per heavy atom. The van der Waals surface area contributed by atoms with Crippen LogP contribution in [0.25, 0.3) is 44.3 Å². The van der Waals surface area contributed by atoms with Crippen molar-refractivity contribution < 1.29 is 9.47 Å². The maximum atomic E-state index is 5.34. The molecular weight excluding hydrogens is 532 g/mol. The summed E-state index contributed by atoms with van der Waals surface area (Å²) in [5, 5.41) is 2.16. The lowest BCUT2D eigenvalue weighted by atomic mass is 10.0. The highest BCUT2D eigenvalue weighted by Crippen LogP contribution is 2.41. The van der Waals surface area contributed by atoms with Crippen LogP contribution in [0, 0.1) is 0 Å². The third kappa shape index (κ3) is 3.53. The lowest BCUT2D eigenvalue weighted by molar-refractivity contribution is 0.414. The predicted molar refractivity (Wildman–Crippen MR) is 136 cm³/mol. The largest absolute Gasteiger partial charge is 0.497 e. The van der Waals surface area contributed by atoms with Gasteiger partial charge in [0.1, 0.15) is 22.5 Å². The van der Waals surface area contributed by atoms with Crippen molar-refractivity contribution in [3.8, 4) is 34.0 Å². The number of aromatic nitrogens is 2. The molecule has 6 heteroatoms. The second-order valence-corrected chi connectivity index (χ2v) is 8.83. The van der Waals surface area contributed by atoms with Crippen LogP contribution in [-0.2, 0) is 0 Å². The summed E-state index contributed by atoms with van der Waals surface area (Å²) < 4.78 is 12.5. The molecule has 0 aliphatic heterocycles. The lowest BCUT2D eigenvalue weighted by Crippen LogP contribution is -1.98. The Balaban J connectivity index is 1.85. The fraction of sp³-hybridized carbons (Fsp3) is 0.0769. The summed E-state index contributed by atoms with van der Waals surface area (Å²) in [4.78, 5) is 10.2. The number of rotatable bonds is 4. The molecule has 0 amide bonds. The van der Waals surface area contributed by atoms with Crippen molar-refractivity contribution in [2.45, 2.75) is 0 Å². The highest BCUT2D eigenvalue weighted by atomic mass is 79.9. The van der Waals surface area contributed by atoms with E-state index in [2.05, 4.69) is 44.0 Å². The Morgan fingerprint density at radius 3 is 1.28 bits per heavy atom. The number of halogens is 2. The minimum absolute atomic E-state index is 0.795. The summed E-state index contributed by atoms with van der Waals surface area (Å²) in [7, 11) is 3.32. The smallest absolute Gasteiger partial charge is 0.118 e. The zero-order valence-corrected chi connectivity index (χ0v) is 20.6. The number of hydrogen-bond acceptors (Lipinski definition) is 4. The van der Waals surface area contributed by atoms with Crippen LogP contribution < -0.4 is 9.47 Å². The van der Waals surface area contributed by atoms with Gasteiger partial charge in [-0.2, -0.15) is 0 Å². The Bertz CT molecular complexity index is 1340. The molecule has 0 bridgehead atoms. The van der Waals surface area contributed by atoms with Crippen LogP contribution in [-0.4, -0.2) is 24.2 Å². The van der Waals surface area contributed by atoms with Crippen LogP contribution in [0.2, 0.25) is 0 Å². The van der Waals surface area contributed by atoms with Gasteiger partial charge in [0, 0.05) is 11.1 Å². The van der Waals surface area contributed by atoms with Gasteiger partial charge in [0.05, 0.1) is 34.6 Å². The Morgan fingerprint density at radius 2 is 0.938 bits per heavy atom. The minimum Gasteiger partial charge on any atom is -0.497 e. The first-order valence-electron chi connectivity index (χ1n) is 9.97. The summed E-state index contributed by atoms with van der Waals surface area (Å²) in [5.41, 5.74) is 5.13. The average Bonchev–Trinajstić information content (AvgIpc) is 2.86. The van der Waals surface area contributed by atoms with Crippen molar-refractivity contribution in [3.63, 3.8) is 0 Å². The van der Waals surface area contributed by atoms with Crippen LogP contribution in [0.15, 0.2) is 81.7 Å². The van der Waals surface area contributed by atoms with E-state index < -0.39 is 0 Å². The molecule has 32 heavy (non-hydrogen) atoms. The molecule has 5 aromatic rings. The van der Waals surface area contributed by atoms with Crippen molar-refractivity contribution >= 4 is 53.7 Å². The minimum atomic E-state index is 0.795. The third-order valence-corrected chi connectivity index (χ3v) is 7.04. The van der Waals surface area contributed by atoms with Gasteiger partial charge in [-0.05, 0) is 91.2 Å². The van der Waals surface area contributed by atoms with E-state index in [9.17, 15) is 0 Å². The molecule has 0 N–H and O–H groups in total. The van der Waals surface area contributed by atoms with Crippen molar-refractivity contribution in [1.82, 2.24) is 9.97 Å². The predicted octanol–water partition coefficient (Wildman–Crippen LogP) is 7.66. The van der Waals surface area contributed by atoms with Crippen molar-refractivity contribution in [1.29, 1.82) is 0 Å². The molecule has 5 rings (SSSR count). The quantitative estimate of drug-likeness (QED) is 0.216. The van der Waals surface area contributed by atoms with Gasteiger partial charge >= 0.3 is 0 Å². The van der Waals surface area contributed by atoms with Crippen molar-refractivity contribution in [3.05, 3.63) is 81.7 Å². The summed E-state index contributed by atoms with van der Waals surface area (Å²) in [5.74, 6) is 1.59. The number of hydrogen-bond donors (Lipinski definition) is 0. The Hall–Kier alpha value is -2.96. The number of methoxy groups -OCH3 is 2. The van der Waals surface area contributed by atoms with E-state index in [4.69, 9.17) is 19.4 Å². The van der Waals surface area contributed by atoms with Gasteiger partial charge in [0.15, 0.2) is 0 Å².